The summed E-state index contributed by atoms with van der Waals surface area (Å²) in [6.07, 6.45) is 3.47. The molecular formula is C11H10N4O. The summed E-state index contributed by atoms with van der Waals surface area (Å²) >= 11 is 0. The van der Waals surface area contributed by atoms with E-state index in [9.17, 15) is 5.11 Å². The number of H-pyrrole nitrogens is 1. The fraction of sp³-hybridized carbons (Fsp3) is 0.0909. The molecule has 1 aromatic carbocycles. The van der Waals surface area contributed by atoms with Crippen molar-refractivity contribution in [2.24, 2.45) is 7.05 Å². The van der Waals surface area contributed by atoms with Gasteiger partial charge in [-0.05, 0) is 12.1 Å². The number of hydrogen-bond donors (Lipinski definition) is 2. The highest BCUT2D eigenvalue weighted by atomic mass is 16.3. The first-order valence-corrected chi connectivity index (χ1v) is 4.89. The van der Waals surface area contributed by atoms with Gasteiger partial charge in [0.15, 0.2) is 5.82 Å². The number of imidazole rings is 2. The number of rotatable bonds is 1. The van der Waals surface area contributed by atoms with Gasteiger partial charge in [-0.25, -0.2) is 9.97 Å². The van der Waals surface area contributed by atoms with Crippen LogP contribution in [0.5, 0.6) is 5.75 Å². The van der Waals surface area contributed by atoms with Gasteiger partial charge in [-0.3, -0.25) is 0 Å². The second kappa shape index (κ2) is 3.10. The zero-order valence-electron chi connectivity index (χ0n) is 8.68. The highest BCUT2D eigenvalue weighted by Gasteiger charge is 2.08. The third-order valence-corrected chi connectivity index (χ3v) is 2.52. The van der Waals surface area contributed by atoms with Crippen molar-refractivity contribution in [1.82, 2.24) is 19.5 Å². The Morgan fingerprint density at radius 2 is 2.25 bits per heavy atom. The van der Waals surface area contributed by atoms with Crippen molar-refractivity contribution in [2.75, 3.05) is 0 Å². The lowest BCUT2D eigenvalue weighted by molar-refractivity contribution is 0.476. The van der Waals surface area contributed by atoms with Gasteiger partial charge in [0.1, 0.15) is 11.4 Å². The number of benzene rings is 1. The Hall–Kier alpha value is -2.30. The average molecular weight is 214 g/mol. The molecule has 0 spiro atoms. The summed E-state index contributed by atoms with van der Waals surface area (Å²) in [7, 11) is 1.91. The van der Waals surface area contributed by atoms with E-state index in [4.69, 9.17) is 0 Å². The molecule has 80 valence electrons. The Morgan fingerprint density at radius 1 is 1.38 bits per heavy atom. The molecule has 0 aliphatic rings. The predicted molar refractivity (Wildman–Crippen MR) is 60.0 cm³/mol. The Labute approximate surface area is 91.4 Å². The summed E-state index contributed by atoms with van der Waals surface area (Å²) in [5.41, 5.74) is 2.56. The smallest absolute Gasteiger partial charge is 0.156 e. The molecule has 0 unspecified atom stereocenters. The zero-order valence-corrected chi connectivity index (χ0v) is 8.68. The van der Waals surface area contributed by atoms with Crippen LogP contribution < -0.4 is 0 Å². The van der Waals surface area contributed by atoms with Crippen molar-refractivity contribution >= 4 is 11.0 Å². The molecule has 0 fully saturated rings. The van der Waals surface area contributed by atoms with Crippen molar-refractivity contribution in [3.05, 3.63) is 30.7 Å². The van der Waals surface area contributed by atoms with E-state index in [0.29, 0.717) is 0 Å². The van der Waals surface area contributed by atoms with Crippen LogP contribution in [0, 0.1) is 0 Å². The van der Waals surface area contributed by atoms with Gasteiger partial charge in [-0.15, -0.1) is 0 Å². The average Bonchev–Trinajstić information content (AvgIpc) is 2.82. The van der Waals surface area contributed by atoms with Crippen LogP contribution in [0.4, 0.5) is 0 Å². The summed E-state index contributed by atoms with van der Waals surface area (Å²) in [5, 5.41) is 9.36. The van der Waals surface area contributed by atoms with Gasteiger partial charge < -0.3 is 14.7 Å². The quantitative estimate of drug-likeness (QED) is 0.647. The molecule has 0 saturated heterocycles. The lowest BCUT2D eigenvalue weighted by atomic mass is 10.3. The number of hydrogen-bond acceptors (Lipinski definition) is 3. The van der Waals surface area contributed by atoms with Gasteiger partial charge in [-0.1, -0.05) is 0 Å². The second-order valence-electron chi connectivity index (χ2n) is 3.68. The number of aryl methyl sites for hydroxylation is 1. The predicted octanol–water partition coefficient (Wildman–Crippen LogP) is 1.67. The molecule has 3 aromatic rings. The highest BCUT2D eigenvalue weighted by molar-refractivity contribution is 5.80. The summed E-state index contributed by atoms with van der Waals surface area (Å²) in [4.78, 5) is 11.6. The maximum absolute atomic E-state index is 9.36. The molecule has 0 bridgehead atoms. The molecule has 0 saturated carbocycles. The topological polar surface area (TPSA) is 66.7 Å². The third kappa shape index (κ3) is 1.25. The van der Waals surface area contributed by atoms with Crippen LogP contribution in [0.15, 0.2) is 30.7 Å². The maximum Gasteiger partial charge on any atom is 0.156 e. The molecule has 2 N–H and O–H groups in total. The van der Waals surface area contributed by atoms with Gasteiger partial charge in [-0.2, -0.15) is 0 Å². The van der Waals surface area contributed by atoms with E-state index < -0.39 is 0 Å². The van der Waals surface area contributed by atoms with Crippen molar-refractivity contribution in [3.63, 3.8) is 0 Å². The Morgan fingerprint density at radius 3 is 3.00 bits per heavy atom. The minimum atomic E-state index is 0.229. The number of aromatic nitrogens is 4. The van der Waals surface area contributed by atoms with E-state index in [1.54, 1.807) is 30.7 Å². The lowest BCUT2D eigenvalue weighted by Crippen LogP contribution is -1.90. The van der Waals surface area contributed by atoms with Crippen LogP contribution in [0.3, 0.4) is 0 Å². The molecule has 0 amide bonds. The van der Waals surface area contributed by atoms with Crippen molar-refractivity contribution in [2.45, 2.75) is 0 Å². The first-order chi connectivity index (χ1) is 7.74. The third-order valence-electron chi connectivity index (χ3n) is 2.52. The molecule has 5 nitrogen and oxygen atoms in total. The molecule has 0 aliphatic carbocycles. The number of aromatic hydroxyl groups is 1. The SMILES string of the molecule is Cn1cncc1-c1nc2ccc(O)cc2[nH]1. The summed E-state index contributed by atoms with van der Waals surface area (Å²) in [6.45, 7) is 0. The molecule has 16 heavy (non-hydrogen) atoms. The normalized spacial score (nSPS) is 11.1. The number of nitrogens with zero attached hydrogens (tertiary/aromatic N) is 3. The first kappa shape index (κ1) is 8.96. The number of nitrogens with one attached hydrogen (secondary N) is 1. The van der Waals surface area contributed by atoms with Crippen LogP contribution in [0.25, 0.3) is 22.6 Å². The minimum absolute atomic E-state index is 0.229. The molecular weight excluding hydrogens is 204 g/mol. The molecule has 0 aliphatic heterocycles. The van der Waals surface area contributed by atoms with Crippen molar-refractivity contribution in [1.29, 1.82) is 0 Å². The van der Waals surface area contributed by atoms with Crippen LogP contribution in [-0.2, 0) is 7.05 Å². The van der Waals surface area contributed by atoms with Gasteiger partial charge >= 0.3 is 0 Å². The van der Waals surface area contributed by atoms with Crippen molar-refractivity contribution < 1.29 is 5.11 Å². The molecule has 0 atom stereocenters. The van der Waals surface area contributed by atoms with E-state index in [1.165, 1.54) is 0 Å². The van der Waals surface area contributed by atoms with Crippen LogP contribution in [0.1, 0.15) is 0 Å². The fourth-order valence-corrected chi connectivity index (χ4v) is 1.70. The van der Waals surface area contributed by atoms with E-state index in [-0.39, 0.29) is 5.75 Å². The first-order valence-electron chi connectivity index (χ1n) is 4.89. The lowest BCUT2D eigenvalue weighted by Gasteiger charge is -1.95. The number of phenolic OH excluding ortho intramolecular Hbond substituents is 1. The molecule has 2 aromatic heterocycles. The molecule has 2 heterocycles. The number of phenols is 1. The summed E-state index contributed by atoms with van der Waals surface area (Å²) in [5.74, 6) is 0.980. The van der Waals surface area contributed by atoms with Gasteiger partial charge in [0.05, 0.1) is 23.6 Å². The monoisotopic (exact) mass is 214 g/mol. The van der Waals surface area contributed by atoms with Crippen LogP contribution >= 0.6 is 0 Å². The van der Waals surface area contributed by atoms with Gasteiger partial charge in [0.2, 0.25) is 0 Å². The van der Waals surface area contributed by atoms with E-state index >= 15 is 0 Å². The largest absolute Gasteiger partial charge is 0.508 e. The summed E-state index contributed by atoms with van der Waals surface area (Å²) < 4.78 is 1.89. The van der Waals surface area contributed by atoms with Gasteiger partial charge in [0.25, 0.3) is 0 Å². The standard InChI is InChI=1S/C11H10N4O/c1-15-6-12-5-10(15)11-13-8-3-2-7(16)4-9(8)14-11/h2-6,16H,1H3,(H,13,14). The zero-order chi connectivity index (χ0) is 11.1. The van der Waals surface area contributed by atoms with E-state index in [0.717, 1.165) is 22.6 Å². The Balaban J connectivity index is 2.23. The maximum atomic E-state index is 9.36. The molecule has 5 heteroatoms. The van der Waals surface area contributed by atoms with Crippen LogP contribution in [-0.4, -0.2) is 24.6 Å². The summed E-state index contributed by atoms with van der Waals surface area (Å²) in [6, 6.07) is 5.05. The Kier molecular flexibility index (Phi) is 1.73. The second-order valence-corrected chi connectivity index (χ2v) is 3.68. The molecule has 0 radical (unpaired) electrons. The highest BCUT2D eigenvalue weighted by Crippen LogP contribution is 2.22. The number of fused-ring (bicyclic) bond motifs is 1. The van der Waals surface area contributed by atoms with E-state index in [2.05, 4.69) is 15.0 Å². The number of aromatic amines is 1. The van der Waals surface area contributed by atoms with Gasteiger partial charge in [0, 0.05) is 13.1 Å². The van der Waals surface area contributed by atoms with Crippen LogP contribution in [0.2, 0.25) is 0 Å². The fourth-order valence-electron chi connectivity index (χ4n) is 1.70. The van der Waals surface area contributed by atoms with Crippen molar-refractivity contribution in [3.8, 4) is 17.3 Å². The molecule has 3 rings (SSSR count). The minimum Gasteiger partial charge on any atom is -0.508 e. The van der Waals surface area contributed by atoms with E-state index in [1.807, 2.05) is 11.6 Å². The Bertz CT molecular complexity index is 653.